The highest BCUT2D eigenvalue weighted by molar-refractivity contribution is 7.89. The lowest BCUT2D eigenvalue weighted by molar-refractivity contribution is 0.337. The Kier molecular flexibility index (Phi) is 5.38. The van der Waals surface area contributed by atoms with Crippen molar-refractivity contribution >= 4 is 21.1 Å². The molecule has 5 rings (SSSR count). The molecule has 3 aromatic carbocycles. The maximum Gasteiger partial charge on any atom is 0.243 e. The summed E-state index contributed by atoms with van der Waals surface area (Å²) in [7, 11) is -3.65. The summed E-state index contributed by atoms with van der Waals surface area (Å²) >= 11 is 0. The van der Waals surface area contributed by atoms with Gasteiger partial charge in [-0.25, -0.2) is 13.4 Å². The topological polar surface area (TPSA) is 63.4 Å². The SMILES string of the molecule is CC(C)(C)c1ccc(S(=O)(=O)N2CCC[C@@H]2c2nc3cc(-c4ccccc4)ccc3o2)cc1. The van der Waals surface area contributed by atoms with Gasteiger partial charge in [-0.3, -0.25) is 0 Å². The van der Waals surface area contributed by atoms with Crippen molar-refractivity contribution < 1.29 is 12.8 Å². The molecule has 4 aromatic rings. The van der Waals surface area contributed by atoms with E-state index >= 15 is 0 Å². The van der Waals surface area contributed by atoms with Gasteiger partial charge in [0.25, 0.3) is 0 Å². The van der Waals surface area contributed by atoms with Gasteiger partial charge in [-0.15, -0.1) is 0 Å². The molecule has 0 aliphatic carbocycles. The van der Waals surface area contributed by atoms with Crippen LogP contribution in [-0.4, -0.2) is 24.3 Å². The zero-order valence-electron chi connectivity index (χ0n) is 19.2. The highest BCUT2D eigenvalue weighted by atomic mass is 32.2. The second-order valence-electron chi connectivity index (χ2n) is 9.65. The molecule has 1 fully saturated rings. The van der Waals surface area contributed by atoms with Gasteiger partial charge < -0.3 is 4.42 Å². The van der Waals surface area contributed by atoms with Crippen LogP contribution in [0, 0.1) is 0 Å². The van der Waals surface area contributed by atoms with Gasteiger partial charge in [0.1, 0.15) is 11.6 Å². The molecule has 0 radical (unpaired) electrons. The Morgan fingerprint density at radius 3 is 2.36 bits per heavy atom. The minimum atomic E-state index is -3.65. The Hall–Kier alpha value is -2.96. The van der Waals surface area contributed by atoms with Crippen LogP contribution in [0.15, 0.2) is 82.1 Å². The number of hydrogen-bond acceptors (Lipinski definition) is 4. The van der Waals surface area contributed by atoms with Crippen molar-refractivity contribution in [2.24, 2.45) is 0 Å². The lowest BCUT2D eigenvalue weighted by Crippen LogP contribution is -2.31. The molecule has 0 spiro atoms. The number of hydrogen-bond donors (Lipinski definition) is 0. The summed E-state index contributed by atoms with van der Waals surface area (Å²) in [5.41, 5.74) is 4.64. The third-order valence-electron chi connectivity index (χ3n) is 6.33. The van der Waals surface area contributed by atoms with Crippen LogP contribution in [0.1, 0.15) is 51.1 Å². The average molecular weight is 461 g/mol. The molecule has 1 saturated heterocycles. The van der Waals surface area contributed by atoms with Crippen molar-refractivity contribution in [1.82, 2.24) is 9.29 Å². The van der Waals surface area contributed by atoms with E-state index in [2.05, 4.69) is 32.9 Å². The van der Waals surface area contributed by atoms with E-state index in [1.807, 2.05) is 48.5 Å². The first kappa shape index (κ1) is 21.9. The molecule has 170 valence electrons. The first-order valence-electron chi connectivity index (χ1n) is 11.3. The maximum absolute atomic E-state index is 13.5. The zero-order valence-corrected chi connectivity index (χ0v) is 20.0. The van der Waals surface area contributed by atoms with Gasteiger partial charge in [0.15, 0.2) is 5.58 Å². The number of aromatic nitrogens is 1. The summed E-state index contributed by atoms with van der Waals surface area (Å²) in [6, 6.07) is 22.9. The fourth-order valence-electron chi connectivity index (χ4n) is 4.43. The third kappa shape index (κ3) is 4.09. The van der Waals surface area contributed by atoms with E-state index in [0.29, 0.717) is 29.3 Å². The summed E-state index contributed by atoms with van der Waals surface area (Å²) in [4.78, 5) is 5.02. The fraction of sp³-hybridized carbons (Fsp3) is 0.296. The van der Waals surface area contributed by atoms with Crippen molar-refractivity contribution in [2.45, 2.75) is 50.0 Å². The lowest BCUT2D eigenvalue weighted by Gasteiger charge is -2.23. The largest absolute Gasteiger partial charge is 0.439 e. The smallest absolute Gasteiger partial charge is 0.243 e. The Morgan fingerprint density at radius 1 is 0.939 bits per heavy atom. The van der Waals surface area contributed by atoms with E-state index in [1.165, 1.54) is 0 Å². The second kappa shape index (κ2) is 8.12. The minimum absolute atomic E-state index is 0.0325. The summed E-state index contributed by atoms with van der Waals surface area (Å²) in [6.45, 7) is 6.80. The number of benzene rings is 3. The van der Waals surface area contributed by atoms with Crippen LogP contribution in [0.2, 0.25) is 0 Å². The summed E-state index contributed by atoms with van der Waals surface area (Å²) in [5.74, 6) is 0.461. The molecule has 0 saturated carbocycles. The number of oxazole rings is 1. The monoisotopic (exact) mass is 460 g/mol. The molecule has 0 bridgehead atoms. The Bertz CT molecular complexity index is 1390. The quantitative estimate of drug-likeness (QED) is 0.358. The molecule has 1 aromatic heterocycles. The molecule has 0 N–H and O–H groups in total. The van der Waals surface area contributed by atoms with Gasteiger partial charge in [0.2, 0.25) is 15.9 Å². The minimum Gasteiger partial charge on any atom is -0.439 e. The van der Waals surface area contributed by atoms with Crippen molar-refractivity contribution in [2.75, 3.05) is 6.54 Å². The van der Waals surface area contributed by atoms with Gasteiger partial charge in [0, 0.05) is 6.54 Å². The Morgan fingerprint density at radius 2 is 1.67 bits per heavy atom. The summed E-state index contributed by atoms with van der Waals surface area (Å²) < 4.78 is 34.6. The first-order chi connectivity index (χ1) is 15.7. The second-order valence-corrected chi connectivity index (χ2v) is 11.5. The van der Waals surface area contributed by atoms with Crippen LogP contribution in [0.3, 0.4) is 0 Å². The van der Waals surface area contributed by atoms with E-state index in [9.17, 15) is 8.42 Å². The summed E-state index contributed by atoms with van der Waals surface area (Å²) in [6.07, 6.45) is 1.47. The van der Waals surface area contributed by atoms with E-state index in [0.717, 1.165) is 28.6 Å². The van der Waals surface area contributed by atoms with Crippen LogP contribution < -0.4 is 0 Å². The van der Waals surface area contributed by atoms with Crippen LogP contribution in [0.4, 0.5) is 0 Å². The van der Waals surface area contributed by atoms with Gasteiger partial charge in [-0.05, 0) is 59.2 Å². The normalized spacial score (nSPS) is 17.6. The van der Waals surface area contributed by atoms with Gasteiger partial charge in [-0.1, -0.05) is 69.3 Å². The van der Waals surface area contributed by atoms with Crippen LogP contribution in [0.5, 0.6) is 0 Å². The molecule has 5 nitrogen and oxygen atoms in total. The molecule has 6 heteroatoms. The molecule has 0 amide bonds. The molecule has 2 heterocycles. The fourth-order valence-corrected chi connectivity index (χ4v) is 6.09. The predicted molar refractivity (Wildman–Crippen MR) is 130 cm³/mol. The van der Waals surface area contributed by atoms with Crippen molar-refractivity contribution in [3.63, 3.8) is 0 Å². The first-order valence-corrected chi connectivity index (χ1v) is 12.8. The number of rotatable bonds is 4. The van der Waals surface area contributed by atoms with Crippen molar-refractivity contribution in [3.8, 4) is 11.1 Å². The standard InChI is InChI=1S/C27H28N2O3S/c1-27(2,3)21-12-14-22(15-13-21)33(30,31)29-17-7-10-24(29)26-28-23-18-20(11-16-25(23)32-26)19-8-5-4-6-9-19/h4-6,8-9,11-16,18,24H,7,10,17H2,1-3H3/t24-/m1/s1. The molecular formula is C27H28N2O3S. The van der Waals surface area contributed by atoms with Crippen LogP contribution >= 0.6 is 0 Å². The maximum atomic E-state index is 13.5. The average Bonchev–Trinajstić information content (AvgIpc) is 3.46. The number of sulfonamides is 1. The summed E-state index contributed by atoms with van der Waals surface area (Å²) in [5, 5.41) is 0. The Balaban J connectivity index is 1.46. The molecule has 1 aliphatic heterocycles. The number of nitrogens with zero attached hydrogens (tertiary/aromatic N) is 2. The highest BCUT2D eigenvalue weighted by Crippen LogP contribution is 2.38. The van der Waals surface area contributed by atoms with Gasteiger partial charge in [0.05, 0.1) is 4.90 Å². The third-order valence-corrected chi connectivity index (χ3v) is 8.25. The van der Waals surface area contributed by atoms with E-state index in [4.69, 9.17) is 9.40 Å². The highest BCUT2D eigenvalue weighted by Gasteiger charge is 2.39. The van der Waals surface area contributed by atoms with Crippen molar-refractivity contribution in [3.05, 3.63) is 84.3 Å². The molecule has 33 heavy (non-hydrogen) atoms. The zero-order chi connectivity index (χ0) is 23.2. The predicted octanol–water partition coefficient (Wildman–Crippen LogP) is 6.32. The van der Waals surface area contributed by atoms with E-state index in [1.54, 1.807) is 16.4 Å². The molecule has 1 aliphatic rings. The number of fused-ring (bicyclic) bond motifs is 1. The van der Waals surface area contributed by atoms with Crippen LogP contribution in [-0.2, 0) is 15.4 Å². The lowest BCUT2D eigenvalue weighted by atomic mass is 9.87. The molecule has 1 atom stereocenters. The van der Waals surface area contributed by atoms with Gasteiger partial charge >= 0.3 is 0 Å². The van der Waals surface area contributed by atoms with Crippen molar-refractivity contribution in [1.29, 1.82) is 0 Å². The Labute approximate surface area is 195 Å². The van der Waals surface area contributed by atoms with Gasteiger partial charge in [-0.2, -0.15) is 4.31 Å². The van der Waals surface area contributed by atoms with Crippen LogP contribution in [0.25, 0.3) is 22.2 Å². The van der Waals surface area contributed by atoms with E-state index < -0.39 is 16.1 Å². The molecule has 0 unspecified atom stereocenters. The van der Waals surface area contributed by atoms with E-state index in [-0.39, 0.29) is 5.41 Å². The molecular weight excluding hydrogens is 432 g/mol.